The smallest absolute Gasteiger partial charge is 0.0742 e. The van der Waals surface area contributed by atoms with Crippen LogP contribution in [0.3, 0.4) is 0 Å². The molecule has 0 heterocycles. The fourth-order valence-electron chi connectivity index (χ4n) is 0. The van der Waals surface area contributed by atoms with E-state index in [-0.39, 0.29) is 33.1 Å². The van der Waals surface area contributed by atoms with Crippen molar-refractivity contribution in [2.45, 2.75) is 13.0 Å². The van der Waals surface area contributed by atoms with Crippen LogP contribution in [0.2, 0.25) is 0 Å². The first-order chi connectivity index (χ1) is 2.27. The number of hydrogen-bond acceptors (Lipinski definition) is 2. The maximum atomic E-state index is 8.11. The Bertz CT molecular complexity index is 24.1. The van der Waals surface area contributed by atoms with Gasteiger partial charge < -0.3 is 15.7 Å². The van der Waals surface area contributed by atoms with Gasteiger partial charge in [0.2, 0.25) is 0 Å². The number of rotatable bonds is 1. The number of aliphatic hydroxyl groups excluding tert-OH is 2. The Morgan fingerprint density at radius 2 is 1.71 bits per heavy atom. The van der Waals surface area contributed by atoms with Crippen LogP contribution in [0, 0.1) is 0 Å². The SMILES string of the molecule is CC(O)CO.O.[Mo]. The van der Waals surface area contributed by atoms with Crippen LogP contribution in [-0.2, 0) is 21.1 Å². The molecule has 0 aromatic heterocycles. The summed E-state index contributed by atoms with van der Waals surface area (Å²) in [5.74, 6) is 0. The molecule has 7 heavy (non-hydrogen) atoms. The Kier molecular flexibility index (Phi) is 21.8. The molecule has 3 nitrogen and oxygen atoms in total. The molecule has 0 aliphatic rings. The molecule has 0 radical (unpaired) electrons. The standard InChI is InChI=1S/C3H8O2.Mo.H2O/c1-3(5)2-4;;/h3-5H,2H2,1H3;;1H2. The largest absolute Gasteiger partial charge is 0.412 e. The van der Waals surface area contributed by atoms with Crippen molar-refractivity contribution in [3.63, 3.8) is 0 Å². The van der Waals surface area contributed by atoms with E-state index >= 15 is 0 Å². The van der Waals surface area contributed by atoms with Crippen LogP contribution in [0.15, 0.2) is 0 Å². The van der Waals surface area contributed by atoms with E-state index < -0.39 is 6.10 Å². The molecule has 0 aliphatic heterocycles. The average Bonchev–Trinajstić information content (AvgIpc) is 1.38. The van der Waals surface area contributed by atoms with Crippen LogP contribution in [0.4, 0.5) is 0 Å². The maximum Gasteiger partial charge on any atom is 0.0742 e. The summed E-state index contributed by atoms with van der Waals surface area (Å²) in [6.45, 7) is 1.39. The van der Waals surface area contributed by atoms with Crippen molar-refractivity contribution in [2.24, 2.45) is 0 Å². The maximum absolute atomic E-state index is 8.11. The predicted molar refractivity (Wildman–Crippen MR) is 22.4 cm³/mol. The van der Waals surface area contributed by atoms with E-state index in [0.29, 0.717) is 0 Å². The van der Waals surface area contributed by atoms with E-state index in [1.54, 1.807) is 0 Å². The van der Waals surface area contributed by atoms with Crippen molar-refractivity contribution in [3.8, 4) is 0 Å². The van der Waals surface area contributed by atoms with Crippen LogP contribution >= 0.6 is 0 Å². The topological polar surface area (TPSA) is 72.0 Å². The summed E-state index contributed by atoms with van der Waals surface area (Å²) in [5.41, 5.74) is 0. The van der Waals surface area contributed by atoms with Crippen LogP contribution in [-0.4, -0.2) is 28.4 Å². The summed E-state index contributed by atoms with van der Waals surface area (Å²) >= 11 is 0. The molecule has 0 saturated carbocycles. The van der Waals surface area contributed by atoms with Gasteiger partial charge >= 0.3 is 0 Å². The van der Waals surface area contributed by atoms with Gasteiger partial charge in [0.05, 0.1) is 12.7 Å². The van der Waals surface area contributed by atoms with Gasteiger partial charge in [0.1, 0.15) is 0 Å². The molecule has 0 spiro atoms. The molecular weight excluding hydrogens is 180 g/mol. The monoisotopic (exact) mass is 192 g/mol. The summed E-state index contributed by atoms with van der Waals surface area (Å²) < 4.78 is 0. The van der Waals surface area contributed by atoms with Crippen molar-refractivity contribution >= 4 is 0 Å². The third kappa shape index (κ3) is 20.8. The van der Waals surface area contributed by atoms with Crippen molar-refractivity contribution in [1.82, 2.24) is 0 Å². The Balaban J connectivity index is -0.0000000800. The Labute approximate surface area is 56.9 Å². The molecule has 0 fully saturated rings. The Morgan fingerprint density at radius 3 is 1.71 bits per heavy atom. The zero-order chi connectivity index (χ0) is 4.28. The van der Waals surface area contributed by atoms with E-state index in [1.807, 2.05) is 0 Å². The van der Waals surface area contributed by atoms with Crippen molar-refractivity contribution in [3.05, 3.63) is 0 Å². The molecule has 0 bridgehead atoms. The molecule has 1 unspecified atom stereocenters. The van der Waals surface area contributed by atoms with Gasteiger partial charge in [-0.3, -0.25) is 0 Å². The minimum absolute atomic E-state index is 0. The summed E-state index contributed by atoms with van der Waals surface area (Å²) in [5, 5.41) is 16.0. The molecule has 0 aromatic carbocycles. The second-order valence-corrected chi connectivity index (χ2v) is 1.03. The minimum atomic E-state index is -0.560. The average molecular weight is 190 g/mol. The predicted octanol–water partition coefficient (Wildman–Crippen LogP) is -1.47. The van der Waals surface area contributed by atoms with E-state index in [0.717, 1.165) is 0 Å². The summed E-state index contributed by atoms with van der Waals surface area (Å²) in [7, 11) is 0. The molecule has 0 rings (SSSR count). The van der Waals surface area contributed by atoms with Gasteiger partial charge in [0.15, 0.2) is 0 Å². The molecular formula is C3H10MoO3. The second kappa shape index (κ2) is 9.76. The van der Waals surface area contributed by atoms with Crippen molar-refractivity contribution in [2.75, 3.05) is 6.61 Å². The van der Waals surface area contributed by atoms with Gasteiger partial charge in [-0.25, -0.2) is 0 Å². The summed E-state index contributed by atoms with van der Waals surface area (Å²) in [4.78, 5) is 0. The first-order valence-electron chi connectivity index (χ1n) is 1.56. The van der Waals surface area contributed by atoms with Crippen LogP contribution in [0.5, 0.6) is 0 Å². The van der Waals surface area contributed by atoms with Crippen LogP contribution in [0.1, 0.15) is 6.92 Å². The van der Waals surface area contributed by atoms with Gasteiger partial charge in [-0.15, -0.1) is 0 Å². The Hall–Kier alpha value is 0.568. The molecule has 0 amide bonds. The number of aliphatic hydroxyl groups is 2. The summed E-state index contributed by atoms with van der Waals surface area (Å²) in [6, 6.07) is 0. The van der Waals surface area contributed by atoms with Gasteiger partial charge in [-0.1, -0.05) is 0 Å². The second-order valence-electron chi connectivity index (χ2n) is 1.03. The normalized spacial score (nSPS) is 10.7. The zero-order valence-corrected chi connectivity index (χ0v) is 6.09. The fraction of sp³-hybridized carbons (Fsp3) is 1.00. The van der Waals surface area contributed by atoms with Crippen LogP contribution < -0.4 is 0 Å². The molecule has 0 aliphatic carbocycles. The van der Waals surface area contributed by atoms with Crippen LogP contribution in [0.25, 0.3) is 0 Å². The number of hydrogen-bond donors (Lipinski definition) is 2. The summed E-state index contributed by atoms with van der Waals surface area (Å²) in [6.07, 6.45) is -0.560. The van der Waals surface area contributed by atoms with Gasteiger partial charge in [-0.2, -0.15) is 0 Å². The molecule has 0 aromatic rings. The minimum Gasteiger partial charge on any atom is -0.412 e. The Morgan fingerprint density at radius 1 is 1.57 bits per heavy atom. The third-order valence-corrected chi connectivity index (χ3v) is 0.264. The zero-order valence-electron chi connectivity index (χ0n) is 4.09. The fourth-order valence-corrected chi connectivity index (χ4v) is 0. The van der Waals surface area contributed by atoms with E-state index in [4.69, 9.17) is 10.2 Å². The van der Waals surface area contributed by atoms with E-state index in [9.17, 15) is 0 Å². The van der Waals surface area contributed by atoms with Gasteiger partial charge in [-0.05, 0) is 6.92 Å². The molecule has 46 valence electrons. The van der Waals surface area contributed by atoms with Gasteiger partial charge in [0.25, 0.3) is 0 Å². The first kappa shape index (κ1) is 15.6. The first-order valence-corrected chi connectivity index (χ1v) is 1.56. The molecule has 1 atom stereocenters. The van der Waals surface area contributed by atoms with E-state index in [2.05, 4.69) is 0 Å². The van der Waals surface area contributed by atoms with E-state index in [1.165, 1.54) is 6.92 Å². The van der Waals surface area contributed by atoms with Crippen molar-refractivity contribution < 1.29 is 36.8 Å². The molecule has 4 heteroatoms. The van der Waals surface area contributed by atoms with Gasteiger partial charge in [0, 0.05) is 21.1 Å². The third-order valence-electron chi connectivity index (χ3n) is 0.264. The van der Waals surface area contributed by atoms with Crippen molar-refractivity contribution in [1.29, 1.82) is 0 Å². The molecule has 4 N–H and O–H groups in total. The quantitative estimate of drug-likeness (QED) is 0.495. The molecule has 0 saturated heterocycles.